The first-order chi connectivity index (χ1) is 7.67. The minimum Gasteiger partial charge on any atom is -0.324 e. The van der Waals surface area contributed by atoms with E-state index in [4.69, 9.17) is 5.73 Å². The number of thioether (sulfide) groups is 1. The van der Waals surface area contributed by atoms with E-state index in [1.807, 2.05) is 11.8 Å². The molecule has 0 amide bonds. The summed E-state index contributed by atoms with van der Waals surface area (Å²) in [5.74, 6) is 2.00. The highest BCUT2D eigenvalue weighted by molar-refractivity contribution is 7.99. The fourth-order valence-corrected chi connectivity index (χ4v) is 2.44. The molecular formula is C14H23NS. The third kappa shape index (κ3) is 4.18. The topological polar surface area (TPSA) is 26.0 Å². The monoisotopic (exact) mass is 237 g/mol. The lowest BCUT2D eigenvalue weighted by molar-refractivity contribution is 0.637. The molecule has 0 aliphatic carbocycles. The first kappa shape index (κ1) is 13.6. The molecule has 90 valence electrons. The second kappa shape index (κ2) is 6.97. The molecular weight excluding hydrogens is 214 g/mol. The Morgan fingerprint density at radius 2 is 1.75 bits per heavy atom. The van der Waals surface area contributed by atoms with Gasteiger partial charge in [-0.2, -0.15) is 0 Å². The average Bonchev–Trinajstić information content (AvgIpc) is 2.35. The molecule has 0 spiro atoms. The first-order valence-corrected chi connectivity index (χ1v) is 7.14. The van der Waals surface area contributed by atoms with Crippen molar-refractivity contribution in [2.24, 2.45) is 11.7 Å². The van der Waals surface area contributed by atoms with Crippen molar-refractivity contribution in [3.05, 3.63) is 29.8 Å². The van der Waals surface area contributed by atoms with Gasteiger partial charge in [-0.1, -0.05) is 39.3 Å². The molecule has 0 fully saturated rings. The molecule has 0 aliphatic heterocycles. The van der Waals surface area contributed by atoms with E-state index >= 15 is 0 Å². The fraction of sp³-hybridized carbons (Fsp3) is 0.571. The van der Waals surface area contributed by atoms with Crippen LogP contribution >= 0.6 is 11.8 Å². The molecule has 0 saturated carbocycles. The van der Waals surface area contributed by atoms with E-state index in [-0.39, 0.29) is 6.04 Å². The van der Waals surface area contributed by atoms with E-state index < -0.39 is 0 Å². The summed E-state index contributed by atoms with van der Waals surface area (Å²) in [4.78, 5) is 1.35. The fourth-order valence-electron chi connectivity index (χ4n) is 1.40. The second-order valence-electron chi connectivity index (χ2n) is 4.41. The summed E-state index contributed by atoms with van der Waals surface area (Å²) < 4.78 is 0. The van der Waals surface area contributed by atoms with Gasteiger partial charge in [-0.3, -0.25) is 0 Å². The van der Waals surface area contributed by atoms with Crippen LogP contribution in [0.1, 0.15) is 45.2 Å². The molecule has 1 aromatic carbocycles. The van der Waals surface area contributed by atoms with Gasteiger partial charge in [0.2, 0.25) is 0 Å². The van der Waals surface area contributed by atoms with Gasteiger partial charge in [0, 0.05) is 16.7 Å². The molecule has 1 unspecified atom stereocenters. The van der Waals surface area contributed by atoms with Crippen molar-refractivity contribution in [1.82, 2.24) is 0 Å². The Kier molecular flexibility index (Phi) is 5.93. The van der Waals surface area contributed by atoms with Crippen LogP contribution in [0.5, 0.6) is 0 Å². The minimum absolute atomic E-state index is 0.189. The summed E-state index contributed by atoms with van der Waals surface area (Å²) >= 11 is 1.94. The van der Waals surface area contributed by atoms with Crippen LogP contribution < -0.4 is 5.73 Å². The van der Waals surface area contributed by atoms with Crippen molar-refractivity contribution < 1.29 is 0 Å². The predicted octanol–water partition coefficient (Wildman–Crippen LogP) is 4.23. The van der Waals surface area contributed by atoms with Crippen LogP contribution in [-0.4, -0.2) is 5.75 Å². The molecule has 0 heterocycles. The molecule has 2 atom stereocenters. The Labute approximate surface area is 104 Å². The maximum atomic E-state index is 5.98. The van der Waals surface area contributed by atoms with Gasteiger partial charge in [0.1, 0.15) is 0 Å². The average molecular weight is 237 g/mol. The van der Waals surface area contributed by atoms with Crippen LogP contribution in [0.4, 0.5) is 0 Å². The molecule has 16 heavy (non-hydrogen) atoms. The predicted molar refractivity (Wildman–Crippen MR) is 73.8 cm³/mol. The quantitative estimate of drug-likeness (QED) is 0.749. The van der Waals surface area contributed by atoms with Crippen LogP contribution in [0.25, 0.3) is 0 Å². The summed E-state index contributed by atoms with van der Waals surface area (Å²) in [6.45, 7) is 6.67. The van der Waals surface area contributed by atoms with Gasteiger partial charge in [0.05, 0.1) is 0 Å². The molecule has 1 aromatic rings. The SMILES string of the molecule is CCC(C)CSc1ccc([C@@H](N)CC)cc1. The summed E-state index contributed by atoms with van der Waals surface area (Å²) in [6.07, 6.45) is 2.26. The molecule has 0 saturated heterocycles. The van der Waals surface area contributed by atoms with Crippen LogP contribution in [0.3, 0.4) is 0 Å². The lowest BCUT2D eigenvalue weighted by Crippen LogP contribution is -2.08. The van der Waals surface area contributed by atoms with Crippen molar-refractivity contribution in [2.45, 2.75) is 44.6 Å². The Morgan fingerprint density at radius 3 is 2.25 bits per heavy atom. The normalized spacial score (nSPS) is 14.8. The lowest BCUT2D eigenvalue weighted by atomic mass is 10.1. The van der Waals surface area contributed by atoms with Crippen molar-refractivity contribution in [3.8, 4) is 0 Å². The minimum atomic E-state index is 0.189. The molecule has 2 N–H and O–H groups in total. The summed E-state index contributed by atoms with van der Waals surface area (Å²) in [5, 5.41) is 0. The Bertz CT molecular complexity index is 294. The molecule has 0 radical (unpaired) electrons. The number of hydrogen-bond donors (Lipinski definition) is 1. The van der Waals surface area contributed by atoms with E-state index in [9.17, 15) is 0 Å². The third-order valence-electron chi connectivity index (χ3n) is 2.98. The van der Waals surface area contributed by atoms with Gasteiger partial charge in [-0.25, -0.2) is 0 Å². The van der Waals surface area contributed by atoms with Crippen LogP contribution in [0, 0.1) is 5.92 Å². The van der Waals surface area contributed by atoms with Crippen molar-refractivity contribution in [3.63, 3.8) is 0 Å². The van der Waals surface area contributed by atoms with Crippen molar-refractivity contribution >= 4 is 11.8 Å². The number of hydrogen-bond acceptors (Lipinski definition) is 2. The number of benzene rings is 1. The molecule has 0 bridgehead atoms. The zero-order valence-electron chi connectivity index (χ0n) is 10.6. The van der Waals surface area contributed by atoms with Gasteiger partial charge in [-0.05, 0) is 30.0 Å². The molecule has 1 rings (SSSR count). The highest BCUT2D eigenvalue weighted by atomic mass is 32.2. The van der Waals surface area contributed by atoms with Gasteiger partial charge in [0.15, 0.2) is 0 Å². The molecule has 1 nitrogen and oxygen atoms in total. The zero-order chi connectivity index (χ0) is 12.0. The Hall–Kier alpha value is -0.470. The molecule has 0 aromatic heterocycles. The maximum Gasteiger partial charge on any atom is 0.0292 e. The van der Waals surface area contributed by atoms with Gasteiger partial charge in [0.25, 0.3) is 0 Å². The van der Waals surface area contributed by atoms with Gasteiger partial charge in [-0.15, -0.1) is 11.8 Å². The summed E-state index contributed by atoms with van der Waals surface area (Å²) in [5.41, 5.74) is 7.23. The van der Waals surface area contributed by atoms with E-state index in [2.05, 4.69) is 45.0 Å². The summed E-state index contributed by atoms with van der Waals surface area (Å²) in [7, 11) is 0. The second-order valence-corrected chi connectivity index (χ2v) is 5.50. The van der Waals surface area contributed by atoms with Crippen LogP contribution in [0.2, 0.25) is 0 Å². The first-order valence-electron chi connectivity index (χ1n) is 6.15. The molecule has 0 aliphatic rings. The van der Waals surface area contributed by atoms with E-state index in [1.54, 1.807) is 0 Å². The number of nitrogens with two attached hydrogens (primary N) is 1. The smallest absolute Gasteiger partial charge is 0.0292 e. The van der Waals surface area contributed by atoms with E-state index in [0.717, 1.165) is 12.3 Å². The van der Waals surface area contributed by atoms with Crippen LogP contribution in [0.15, 0.2) is 29.2 Å². The van der Waals surface area contributed by atoms with Gasteiger partial charge >= 0.3 is 0 Å². The van der Waals surface area contributed by atoms with Gasteiger partial charge < -0.3 is 5.73 Å². The highest BCUT2D eigenvalue weighted by Gasteiger charge is 2.04. The third-order valence-corrected chi connectivity index (χ3v) is 4.32. The van der Waals surface area contributed by atoms with Crippen molar-refractivity contribution in [2.75, 3.05) is 5.75 Å². The largest absolute Gasteiger partial charge is 0.324 e. The maximum absolute atomic E-state index is 5.98. The molecule has 2 heteroatoms. The number of rotatable bonds is 6. The Balaban J connectivity index is 2.51. The lowest BCUT2D eigenvalue weighted by Gasteiger charge is -2.11. The van der Waals surface area contributed by atoms with Crippen LogP contribution in [-0.2, 0) is 0 Å². The highest BCUT2D eigenvalue weighted by Crippen LogP contribution is 2.24. The van der Waals surface area contributed by atoms with E-state index in [0.29, 0.717) is 0 Å². The zero-order valence-corrected chi connectivity index (χ0v) is 11.4. The van der Waals surface area contributed by atoms with E-state index in [1.165, 1.54) is 22.6 Å². The standard InChI is InChI=1S/C14H23NS/c1-4-11(3)10-16-13-8-6-12(7-9-13)14(15)5-2/h6-9,11,14H,4-5,10,15H2,1-3H3/t11?,14-/m0/s1. The van der Waals surface area contributed by atoms with Crippen molar-refractivity contribution in [1.29, 1.82) is 0 Å². The Morgan fingerprint density at radius 1 is 1.12 bits per heavy atom. The summed E-state index contributed by atoms with van der Waals surface area (Å²) in [6, 6.07) is 8.89.